The number of halogens is 2. The number of para-hydroxylation sites is 1. The Bertz CT molecular complexity index is 1210. The number of carbonyl (C=O) groups excluding carboxylic acids is 1. The summed E-state index contributed by atoms with van der Waals surface area (Å²) < 4.78 is 15.2. The number of hydrogen-bond donors (Lipinski definition) is 0. The maximum absolute atomic E-state index is 13.4. The summed E-state index contributed by atoms with van der Waals surface area (Å²) in [4.78, 5) is 26.3. The van der Waals surface area contributed by atoms with E-state index in [9.17, 15) is 9.18 Å². The van der Waals surface area contributed by atoms with Gasteiger partial charge in [0.1, 0.15) is 17.3 Å². The first-order valence-corrected chi connectivity index (χ1v) is 12.8. The molecule has 0 radical (unpaired) electrons. The van der Waals surface area contributed by atoms with Crippen LogP contribution >= 0.6 is 11.6 Å². The zero-order valence-corrected chi connectivity index (χ0v) is 21.6. The Hall–Kier alpha value is -3.10. The Labute approximate surface area is 216 Å². The van der Waals surface area contributed by atoms with Crippen LogP contribution in [0.1, 0.15) is 21.7 Å². The van der Waals surface area contributed by atoms with Crippen LogP contribution in [0, 0.1) is 12.7 Å². The Kier molecular flexibility index (Phi) is 7.16. The van der Waals surface area contributed by atoms with E-state index in [2.05, 4.69) is 38.7 Å². The van der Waals surface area contributed by atoms with Gasteiger partial charge in [0.2, 0.25) is 0 Å². The van der Waals surface area contributed by atoms with E-state index in [1.807, 2.05) is 34.7 Å². The van der Waals surface area contributed by atoms with E-state index in [0.29, 0.717) is 26.2 Å². The van der Waals surface area contributed by atoms with Crippen molar-refractivity contribution < 1.29 is 9.18 Å². The minimum absolute atomic E-state index is 0.0575. The highest BCUT2D eigenvalue weighted by atomic mass is 35.5. The Morgan fingerprint density at radius 2 is 1.67 bits per heavy atom. The first-order valence-electron chi connectivity index (χ1n) is 12.4. The Balaban J connectivity index is 1.19. The lowest BCUT2D eigenvalue weighted by molar-refractivity contribution is 0.0736. The van der Waals surface area contributed by atoms with Crippen LogP contribution in [0.3, 0.4) is 0 Å². The normalized spacial score (nSPS) is 17.1. The number of pyridine rings is 1. The monoisotopic (exact) mass is 510 g/mol. The summed E-state index contributed by atoms with van der Waals surface area (Å²) in [6.07, 6.45) is 1.23. The van der Waals surface area contributed by atoms with Crippen molar-refractivity contribution in [3.05, 3.63) is 76.5 Å². The van der Waals surface area contributed by atoms with Gasteiger partial charge in [-0.15, -0.1) is 0 Å². The van der Waals surface area contributed by atoms with Crippen molar-refractivity contribution in [1.29, 1.82) is 0 Å². The first-order chi connectivity index (χ1) is 17.4. The molecule has 0 aliphatic carbocycles. The second-order valence-corrected chi connectivity index (χ2v) is 9.93. The fraction of sp³-hybridized carbons (Fsp3) is 0.407. The number of nitrogens with zero attached hydrogens (tertiary/aromatic N) is 6. The van der Waals surface area contributed by atoms with E-state index in [4.69, 9.17) is 11.6 Å². The molecule has 0 N–H and O–H groups in total. The summed E-state index contributed by atoms with van der Waals surface area (Å²) in [5, 5.41) is 0.794. The third-order valence-corrected chi connectivity index (χ3v) is 7.74. The third-order valence-electron chi connectivity index (χ3n) is 7.42. The molecule has 2 saturated heterocycles. The molecule has 2 aromatic heterocycles. The minimum Gasteiger partial charge on any atom is -0.368 e. The molecule has 7 nitrogen and oxygen atoms in total. The van der Waals surface area contributed by atoms with Crippen molar-refractivity contribution >= 4 is 29.0 Å². The van der Waals surface area contributed by atoms with Gasteiger partial charge in [-0.1, -0.05) is 23.7 Å². The van der Waals surface area contributed by atoms with Crippen LogP contribution in [0.15, 0.2) is 48.7 Å². The number of carbonyl (C=O) groups is 1. The highest BCUT2D eigenvalue weighted by Crippen LogP contribution is 2.27. The van der Waals surface area contributed by atoms with Crippen LogP contribution < -0.4 is 9.80 Å². The van der Waals surface area contributed by atoms with E-state index < -0.39 is 0 Å². The molecule has 0 saturated carbocycles. The molecule has 190 valence electrons. The number of amides is 1. The van der Waals surface area contributed by atoms with E-state index in [-0.39, 0.29) is 11.7 Å². The fourth-order valence-corrected chi connectivity index (χ4v) is 5.33. The van der Waals surface area contributed by atoms with Crippen molar-refractivity contribution in [3.8, 4) is 0 Å². The van der Waals surface area contributed by atoms with Crippen molar-refractivity contribution in [2.75, 3.05) is 62.2 Å². The van der Waals surface area contributed by atoms with Gasteiger partial charge in [0.05, 0.1) is 16.9 Å². The molecule has 0 atom stereocenters. The van der Waals surface area contributed by atoms with Gasteiger partial charge in [0, 0.05) is 71.6 Å². The number of hydrogen-bond acceptors (Lipinski definition) is 5. The van der Waals surface area contributed by atoms with Crippen LogP contribution in [-0.2, 0) is 13.6 Å². The predicted octanol–water partition coefficient (Wildman–Crippen LogP) is 3.81. The lowest BCUT2D eigenvalue weighted by atomic mass is 10.2. The second kappa shape index (κ2) is 10.5. The zero-order chi connectivity index (χ0) is 25.2. The van der Waals surface area contributed by atoms with Gasteiger partial charge in [0.15, 0.2) is 0 Å². The van der Waals surface area contributed by atoms with Gasteiger partial charge in [-0.05, 0) is 42.8 Å². The maximum atomic E-state index is 13.4. The number of benzene rings is 1. The largest absolute Gasteiger partial charge is 0.368 e. The van der Waals surface area contributed by atoms with Crippen LogP contribution in [0.2, 0.25) is 5.02 Å². The molecule has 36 heavy (non-hydrogen) atoms. The van der Waals surface area contributed by atoms with Crippen LogP contribution in [-0.4, -0.2) is 77.6 Å². The minimum atomic E-state index is -0.343. The zero-order valence-electron chi connectivity index (χ0n) is 20.8. The van der Waals surface area contributed by atoms with Crippen molar-refractivity contribution in [1.82, 2.24) is 19.4 Å². The molecule has 0 unspecified atom stereocenters. The van der Waals surface area contributed by atoms with Crippen LogP contribution in [0.4, 0.5) is 15.9 Å². The van der Waals surface area contributed by atoms with Crippen LogP contribution in [0.25, 0.3) is 0 Å². The lowest BCUT2D eigenvalue weighted by Crippen LogP contribution is -2.49. The molecule has 1 amide bonds. The molecule has 4 heterocycles. The molecule has 0 spiro atoms. The van der Waals surface area contributed by atoms with E-state index in [1.54, 1.807) is 6.07 Å². The lowest BCUT2D eigenvalue weighted by Gasteiger charge is -2.36. The molecular weight excluding hydrogens is 479 g/mol. The summed E-state index contributed by atoms with van der Waals surface area (Å²) in [6.45, 7) is 9.24. The smallest absolute Gasteiger partial charge is 0.270 e. The summed E-state index contributed by atoms with van der Waals surface area (Å²) >= 11 is 6.39. The standard InChI is InChI=1S/C27H32ClFN6O/c1-20-21(19-32-9-11-33(12-10-32)24-6-4-3-5-23(24)28)17-25(31(20)2)27(36)35-15-13-34(14-16-35)26-8-7-22(29)18-30-26/h3-8,17-18H,9-16,19H2,1-2H3. The molecular formula is C27H32ClFN6O. The summed E-state index contributed by atoms with van der Waals surface area (Å²) in [5.74, 6) is 0.460. The molecule has 1 aromatic carbocycles. The molecule has 0 bridgehead atoms. The van der Waals surface area contributed by atoms with E-state index in [1.165, 1.54) is 17.8 Å². The highest BCUT2D eigenvalue weighted by molar-refractivity contribution is 6.33. The summed E-state index contributed by atoms with van der Waals surface area (Å²) in [5.41, 5.74) is 4.14. The average molecular weight is 511 g/mol. The quantitative estimate of drug-likeness (QED) is 0.522. The highest BCUT2D eigenvalue weighted by Gasteiger charge is 2.27. The SMILES string of the molecule is Cc1c(CN2CCN(c3ccccc3Cl)CC2)cc(C(=O)N2CCN(c3ccc(F)cn3)CC2)n1C. The number of rotatable bonds is 5. The second-order valence-electron chi connectivity index (χ2n) is 9.53. The predicted molar refractivity (Wildman–Crippen MR) is 141 cm³/mol. The van der Waals surface area contributed by atoms with Gasteiger partial charge < -0.3 is 19.3 Å². The topological polar surface area (TPSA) is 47.9 Å². The summed E-state index contributed by atoms with van der Waals surface area (Å²) in [6, 6.07) is 13.2. The Morgan fingerprint density at radius 1 is 0.972 bits per heavy atom. The van der Waals surface area contributed by atoms with Crippen molar-refractivity contribution in [3.63, 3.8) is 0 Å². The number of aromatic nitrogens is 2. The van der Waals surface area contributed by atoms with E-state index in [0.717, 1.165) is 60.6 Å². The molecule has 5 rings (SSSR count). The van der Waals surface area contributed by atoms with Gasteiger partial charge in [-0.3, -0.25) is 9.69 Å². The van der Waals surface area contributed by atoms with Gasteiger partial charge in [-0.2, -0.15) is 0 Å². The number of piperazine rings is 2. The maximum Gasteiger partial charge on any atom is 0.270 e. The van der Waals surface area contributed by atoms with Crippen molar-refractivity contribution in [2.45, 2.75) is 13.5 Å². The third kappa shape index (κ3) is 5.06. The molecule has 3 aromatic rings. The van der Waals surface area contributed by atoms with Crippen LogP contribution in [0.5, 0.6) is 0 Å². The molecule has 9 heteroatoms. The Morgan fingerprint density at radius 3 is 2.33 bits per heavy atom. The average Bonchev–Trinajstić information content (AvgIpc) is 3.18. The van der Waals surface area contributed by atoms with Gasteiger partial charge in [0.25, 0.3) is 5.91 Å². The fourth-order valence-electron chi connectivity index (χ4n) is 5.08. The van der Waals surface area contributed by atoms with Gasteiger partial charge >= 0.3 is 0 Å². The molecule has 2 aliphatic rings. The molecule has 2 fully saturated rings. The first kappa shape index (κ1) is 24.6. The number of anilines is 2. The van der Waals surface area contributed by atoms with Crippen molar-refractivity contribution in [2.24, 2.45) is 7.05 Å². The van der Waals surface area contributed by atoms with E-state index >= 15 is 0 Å². The molecule has 2 aliphatic heterocycles. The summed E-state index contributed by atoms with van der Waals surface area (Å²) in [7, 11) is 1.97. The van der Waals surface area contributed by atoms with Gasteiger partial charge in [-0.25, -0.2) is 9.37 Å².